The van der Waals surface area contributed by atoms with Crippen LogP contribution in [0.25, 0.3) is 0 Å². The molecule has 1 amide bonds. The van der Waals surface area contributed by atoms with Crippen LogP contribution in [0.1, 0.15) is 5.56 Å². The molecule has 0 aromatic heterocycles. The van der Waals surface area contributed by atoms with E-state index in [2.05, 4.69) is 10.5 Å². The zero-order valence-electron chi connectivity index (χ0n) is 18.8. The van der Waals surface area contributed by atoms with Gasteiger partial charge in [-0.3, -0.25) is 19.2 Å². The van der Waals surface area contributed by atoms with Crippen LogP contribution in [-0.2, 0) is 14.8 Å². The molecule has 11 nitrogen and oxygen atoms in total. The van der Waals surface area contributed by atoms with E-state index in [9.17, 15) is 23.3 Å². The smallest absolute Gasteiger partial charge is 0.289 e. The van der Waals surface area contributed by atoms with E-state index in [-0.39, 0.29) is 5.69 Å². The highest BCUT2D eigenvalue weighted by molar-refractivity contribution is 7.93. The molecular formula is C23H22N4O7S. The van der Waals surface area contributed by atoms with Crippen molar-refractivity contribution in [3.05, 3.63) is 88.5 Å². The van der Waals surface area contributed by atoms with Crippen LogP contribution in [0.15, 0.2) is 82.8 Å². The van der Waals surface area contributed by atoms with Gasteiger partial charge in [-0.25, -0.2) is 13.8 Å². The number of hydrazone groups is 1. The first-order valence-electron chi connectivity index (χ1n) is 10.1. The number of amides is 1. The number of hydrogen-bond acceptors (Lipinski definition) is 8. The van der Waals surface area contributed by atoms with Gasteiger partial charge in [-0.1, -0.05) is 30.3 Å². The Kier molecular flexibility index (Phi) is 8.00. The number of nitro groups is 1. The topological polar surface area (TPSA) is 140 Å². The standard InChI is InChI=1S/C23H22N4O7S/c1-33-19-13-12-17(21(14-19)34-2)15-24-25-23(28)16-26(18-8-4-3-5-9-18)35(31,32)22-11-7-6-10-20(22)27(29)30/h3-15H,16H2,1-2H3,(H,25,28)/b24-15-. The highest BCUT2D eigenvalue weighted by atomic mass is 32.2. The molecule has 1 N–H and O–H groups in total. The number of nitrogens with zero attached hydrogens (tertiary/aromatic N) is 3. The van der Waals surface area contributed by atoms with Crippen molar-refractivity contribution in [3.63, 3.8) is 0 Å². The highest BCUT2D eigenvalue weighted by Gasteiger charge is 2.33. The van der Waals surface area contributed by atoms with Gasteiger partial charge in [0.25, 0.3) is 21.6 Å². The summed E-state index contributed by atoms with van der Waals surface area (Å²) >= 11 is 0. The molecule has 182 valence electrons. The molecule has 3 aromatic carbocycles. The summed E-state index contributed by atoms with van der Waals surface area (Å²) in [7, 11) is -1.49. The number of carbonyl (C=O) groups excluding carboxylic acids is 1. The fraction of sp³-hybridized carbons (Fsp3) is 0.130. The van der Waals surface area contributed by atoms with Crippen LogP contribution in [0.2, 0.25) is 0 Å². The number of para-hydroxylation sites is 2. The lowest BCUT2D eigenvalue weighted by atomic mass is 10.2. The number of methoxy groups -OCH3 is 2. The number of hydrogen-bond donors (Lipinski definition) is 1. The molecule has 0 aliphatic carbocycles. The summed E-state index contributed by atoms with van der Waals surface area (Å²) in [6.45, 7) is -0.671. The Morgan fingerprint density at radius 1 is 1.06 bits per heavy atom. The molecular weight excluding hydrogens is 476 g/mol. The Balaban J connectivity index is 1.87. The molecule has 0 heterocycles. The second-order valence-corrected chi connectivity index (χ2v) is 8.80. The van der Waals surface area contributed by atoms with E-state index in [0.717, 1.165) is 16.4 Å². The van der Waals surface area contributed by atoms with Gasteiger partial charge in [0.15, 0.2) is 4.90 Å². The van der Waals surface area contributed by atoms with Crippen LogP contribution in [0.5, 0.6) is 11.5 Å². The number of nitrogens with one attached hydrogen (secondary N) is 1. The molecule has 0 fully saturated rings. The minimum absolute atomic E-state index is 0.154. The maximum Gasteiger partial charge on any atom is 0.289 e. The second-order valence-electron chi connectivity index (χ2n) is 6.97. The zero-order chi connectivity index (χ0) is 25.4. The predicted molar refractivity (Wildman–Crippen MR) is 129 cm³/mol. The Morgan fingerprint density at radius 2 is 1.74 bits per heavy atom. The molecule has 0 aliphatic rings. The maximum atomic E-state index is 13.4. The third-order valence-electron chi connectivity index (χ3n) is 4.79. The van der Waals surface area contributed by atoms with Gasteiger partial charge in [-0.15, -0.1) is 0 Å². The van der Waals surface area contributed by atoms with Crippen LogP contribution in [-0.4, -0.2) is 46.2 Å². The maximum absolute atomic E-state index is 13.4. The molecule has 3 aromatic rings. The first kappa shape index (κ1) is 25.2. The van der Waals surface area contributed by atoms with Crippen molar-refractivity contribution in [2.24, 2.45) is 5.10 Å². The van der Waals surface area contributed by atoms with E-state index in [1.165, 1.54) is 44.7 Å². The molecule has 12 heteroatoms. The quantitative estimate of drug-likeness (QED) is 0.257. The molecule has 0 saturated carbocycles. The Morgan fingerprint density at radius 3 is 2.40 bits per heavy atom. The van der Waals surface area contributed by atoms with Crippen molar-refractivity contribution in [1.29, 1.82) is 0 Å². The average Bonchev–Trinajstić information content (AvgIpc) is 2.87. The molecule has 0 radical (unpaired) electrons. The molecule has 0 atom stereocenters. The van der Waals surface area contributed by atoms with Gasteiger partial charge in [-0.05, 0) is 30.3 Å². The zero-order valence-corrected chi connectivity index (χ0v) is 19.6. The molecule has 0 unspecified atom stereocenters. The van der Waals surface area contributed by atoms with Crippen LogP contribution >= 0.6 is 0 Å². The van der Waals surface area contributed by atoms with Crippen LogP contribution < -0.4 is 19.2 Å². The molecule has 3 rings (SSSR count). The van der Waals surface area contributed by atoms with Crippen molar-refractivity contribution in [2.45, 2.75) is 4.90 Å². The minimum Gasteiger partial charge on any atom is -0.497 e. The lowest BCUT2D eigenvalue weighted by Gasteiger charge is -2.23. The molecule has 0 aliphatic heterocycles. The molecule has 0 spiro atoms. The highest BCUT2D eigenvalue weighted by Crippen LogP contribution is 2.29. The third kappa shape index (κ3) is 5.92. The van der Waals surface area contributed by atoms with Gasteiger partial charge in [0.05, 0.1) is 31.0 Å². The summed E-state index contributed by atoms with van der Waals surface area (Å²) in [6, 6.07) is 17.7. The fourth-order valence-electron chi connectivity index (χ4n) is 3.12. The van der Waals surface area contributed by atoms with E-state index in [1.54, 1.807) is 36.4 Å². The van der Waals surface area contributed by atoms with Crippen molar-refractivity contribution in [3.8, 4) is 11.5 Å². The van der Waals surface area contributed by atoms with Gasteiger partial charge in [0.1, 0.15) is 18.0 Å². The predicted octanol–water partition coefficient (Wildman–Crippen LogP) is 2.96. The van der Waals surface area contributed by atoms with Crippen molar-refractivity contribution in [2.75, 3.05) is 25.1 Å². The lowest BCUT2D eigenvalue weighted by molar-refractivity contribution is -0.387. The van der Waals surface area contributed by atoms with Crippen molar-refractivity contribution < 1.29 is 27.6 Å². The minimum atomic E-state index is -4.48. The van der Waals surface area contributed by atoms with E-state index in [1.807, 2.05) is 0 Å². The van der Waals surface area contributed by atoms with E-state index < -0.39 is 38.0 Å². The number of benzene rings is 3. The third-order valence-corrected chi connectivity index (χ3v) is 6.62. The van der Waals surface area contributed by atoms with Gasteiger partial charge in [0.2, 0.25) is 0 Å². The molecule has 35 heavy (non-hydrogen) atoms. The first-order valence-corrected chi connectivity index (χ1v) is 11.6. The number of rotatable bonds is 10. The number of anilines is 1. The summed E-state index contributed by atoms with van der Waals surface area (Å²) in [6.07, 6.45) is 1.33. The van der Waals surface area contributed by atoms with Gasteiger partial charge >= 0.3 is 0 Å². The number of ether oxygens (including phenoxy) is 2. The Hall–Kier alpha value is -4.45. The van der Waals surface area contributed by atoms with Crippen molar-refractivity contribution in [1.82, 2.24) is 5.43 Å². The Bertz CT molecular complexity index is 1340. The normalized spacial score (nSPS) is 11.1. The van der Waals surface area contributed by atoms with E-state index >= 15 is 0 Å². The summed E-state index contributed by atoms with van der Waals surface area (Å²) in [4.78, 5) is 22.8. The SMILES string of the molecule is COc1ccc(/C=N\NC(=O)CN(c2ccccc2)S(=O)(=O)c2ccccc2[N+](=O)[O-])c(OC)c1. The monoisotopic (exact) mass is 498 g/mol. The van der Waals surface area contributed by atoms with Gasteiger partial charge in [-0.2, -0.15) is 5.10 Å². The van der Waals surface area contributed by atoms with Crippen LogP contribution in [0.3, 0.4) is 0 Å². The lowest BCUT2D eigenvalue weighted by Crippen LogP contribution is -2.39. The number of sulfonamides is 1. The summed E-state index contributed by atoms with van der Waals surface area (Å²) < 4.78 is 38.0. The van der Waals surface area contributed by atoms with Gasteiger partial charge in [0, 0.05) is 17.7 Å². The average molecular weight is 499 g/mol. The molecule has 0 saturated heterocycles. The number of carbonyl (C=O) groups is 1. The largest absolute Gasteiger partial charge is 0.497 e. The summed E-state index contributed by atoms with van der Waals surface area (Å²) in [5, 5.41) is 15.3. The van der Waals surface area contributed by atoms with E-state index in [0.29, 0.717) is 17.1 Å². The van der Waals surface area contributed by atoms with Gasteiger partial charge < -0.3 is 9.47 Å². The number of nitro benzene ring substituents is 1. The molecule has 0 bridgehead atoms. The Labute approximate surface area is 201 Å². The fourth-order valence-corrected chi connectivity index (χ4v) is 4.70. The van der Waals surface area contributed by atoms with Crippen molar-refractivity contribution >= 4 is 33.5 Å². The van der Waals surface area contributed by atoms with Crippen LogP contribution in [0, 0.1) is 10.1 Å². The first-order chi connectivity index (χ1) is 16.8. The second kappa shape index (κ2) is 11.1. The van der Waals surface area contributed by atoms with E-state index in [4.69, 9.17) is 9.47 Å². The summed E-state index contributed by atoms with van der Waals surface area (Å²) in [5.41, 5.74) is 2.37. The summed E-state index contributed by atoms with van der Waals surface area (Å²) in [5.74, 6) is 0.258. The van der Waals surface area contributed by atoms with Crippen LogP contribution in [0.4, 0.5) is 11.4 Å².